The monoisotopic (exact) mass is 226 g/mol. The quantitative estimate of drug-likeness (QED) is 0.687. The number of hydrogen-bond donors (Lipinski definition) is 0. The van der Waals surface area contributed by atoms with Crippen molar-refractivity contribution in [1.29, 1.82) is 0 Å². The summed E-state index contributed by atoms with van der Waals surface area (Å²) < 4.78 is 27.0. The molecular formula is C8H15ClO3S. The lowest BCUT2D eigenvalue weighted by atomic mass is 9.90. The first-order chi connectivity index (χ1) is 5.97. The Balaban J connectivity index is 2.67. The van der Waals surface area contributed by atoms with E-state index in [1.165, 1.54) is 0 Å². The van der Waals surface area contributed by atoms with E-state index in [2.05, 4.69) is 0 Å². The Morgan fingerprint density at radius 1 is 1.38 bits per heavy atom. The molecule has 0 aromatic heterocycles. The Hall–Kier alpha value is 0.200. The minimum atomic E-state index is -3.40. The molecule has 0 unspecified atom stereocenters. The van der Waals surface area contributed by atoms with Crippen LogP contribution in [0.4, 0.5) is 0 Å². The highest BCUT2D eigenvalue weighted by Gasteiger charge is 2.37. The molecule has 0 bridgehead atoms. The number of halogens is 1. The number of hydrogen-bond acceptors (Lipinski definition) is 3. The van der Waals surface area contributed by atoms with Crippen molar-refractivity contribution in [1.82, 2.24) is 0 Å². The summed E-state index contributed by atoms with van der Waals surface area (Å²) in [6, 6.07) is 0. The second-order valence-electron chi connectivity index (χ2n) is 3.82. The van der Waals surface area contributed by atoms with E-state index in [1.54, 1.807) is 7.11 Å². The van der Waals surface area contributed by atoms with Crippen LogP contribution in [-0.2, 0) is 13.8 Å². The lowest BCUT2D eigenvalue weighted by molar-refractivity contribution is 0.0989. The highest BCUT2D eigenvalue weighted by atomic mass is 35.7. The third kappa shape index (κ3) is 3.44. The highest BCUT2D eigenvalue weighted by molar-refractivity contribution is 8.13. The minimum absolute atomic E-state index is 0.0510. The van der Waals surface area contributed by atoms with Gasteiger partial charge in [-0.3, -0.25) is 0 Å². The van der Waals surface area contributed by atoms with Crippen molar-refractivity contribution in [3.63, 3.8) is 0 Å². The van der Waals surface area contributed by atoms with Crippen LogP contribution in [0.15, 0.2) is 0 Å². The smallest absolute Gasteiger partial charge is 0.233 e. The van der Waals surface area contributed by atoms with Gasteiger partial charge in [-0.05, 0) is 12.8 Å². The molecule has 0 heterocycles. The van der Waals surface area contributed by atoms with E-state index >= 15 is 0 Å². The van der Waals surface area contributed by atoms with Gasteiger partial charge in [0.2, 0.25) is 9.05 Å². The fraction of sp³-hybridized carbons (Fsp3) is 1.00. The van der Waals surface area contributed by atoms with Crippen molar-refractivity contribution < 1.29 is 13.2 Å². The number of methoxy groups -OCH3 is 1. The molecule has 0 aromatic carbocycles. The van der Waals surface area contributed by atoms with E-state index in [0.717, 1.165) is 25.7 Å². The van der Waals surface area contributed by atoms with Gasteiger partial charge in [0.05, 0.1) is 12.4 Å². The molecule has 0 spiro atoms. The standard InChI is InChI=1S/C8H15ClO3S/c1-12-6-8(4-2-3-5-8)7-13(9,10)11/h2-7H2,1H3. The molecule has 0 radical (unpaired) electrons. The molecule has 13 heavy (non-hydrogen) atoms. The van der Waals surface area contributed by atoms with Gasteiger partial charge in [-0.1, -0.05) is 12.8 Å². The predicted octanol–water partition coefficient (Wildman–Crippen LogP) is 1.76. The Bertz CT molecular complexity index is 255. The number of rotatable bonds is 4. The molecule has 1 rings (SSSR count). The van der Waals surface area contributed by atoms with Gasteiger partial charge < -0.3 is 4.74 Å². The maximum Gasteiger partial charge on any atom is 0.233 e. The van der Waals surface area contributed by atoms with Crippen LogP contribution in [0.3, 0.4) is 0 Å². The number of ether oxygens (including phenoxy) is 1. The molecule has 0 aromatic rings. The van der Waals surface area contributed by atoms with E-state index < -0.39 is 9.05 Å². The average Bonchev–Trinajstić information content (AvgIpc) is 2.33. The van der Waals surface area contributed by atoms with Gasteiger partial charge in [-0.25, -0.2) is 8.42 Å². The van der Waals surface area contributed by atoms with Gasteiger partial charge in [-0.2, -0.15) is 0 Å². The van der Waals surface area contributed by atoms with Crippen molar-refractivity contribution in [2.45, 2.75) is 25.7 Å². The van der Waals surface area contributed by atoms with E-state index in [0.29, 0.717) is 6.61 Å². The van der Waals surface area contributed by atoms with Gasteiger partial charge in [-0.15, -0.1) is 0 Å². The van der Waals surface area contributed by atoms with Crippen molar-refractivity contribution in [2.24, 2.45) is 5.41 Å². The van der Waals surface area contributed by atoms with Crippen LogP contribution in [0.5, 0.6) is 0 Å². The topological polar surface area (TPSA) is 43.4 Å². The molecule has 1 aliphatic carbocycles. The average molecular weight is 227 g/mol. The lowest BCUT2D eigenvalue weighted by Gasteiger charge is -2.25. The van der Waals surface area contributed by atoms with Crippen molar-refractivity contribution in [3.05, 3.63) is 0 Å². The molecule has 3 nitrogen and oxygen atoms in total. The second kappa shape index (κ2) is 4.15. The zero-order valence-corrected chi connectivity index (χ0v) is 9.33. The van der Waals surface area contributed by atoms with E-state index in [9.17, 15) is 8.42 Å². The van der Waals surface area contributed by atoms with Crippen molar-refractivity contribution >= 4 is 19.7 Å². The van der Waals surface area contributed by atoms with E-state index in [1.807, 2.05) is 0 Å². The molecule has 1 fully saturated rings. The van der Waals surface area contributed by atoms with Gasteiger partial charge >= 0.3 is 0 Å². The van der Waals surface area contributed by atoms with Crippen LogP contribution in [0.25, 0.3) is 0 Å². The van der Waals surface area contributed by atoms with Gasteiger partial charge in [0.1, 0.15) is 0 Å². The van der Waals surface area contributed by atoms with Crippen molar-refractivity contribution in [3.8, 4) is 0 Å². The maximum atomic E-state index is 11.0. The summed E-state index contributed by atoms with van der Waals surface area (Å²) in [7, 11) is 3.46. The first kappa shape index (κ1) is 11.3. The van der Waals surface area contributed by atoms with E-state index in [4.69, 9.17) is 15.4 Å². The van der Waals surface area contributed by atoms with Gasteiger partial charge in [0.25, 0.3) is 0 Å². The second-order valence-corrected chi connectivity index (χ2v) is 6.60. The first-order valence-corrected chi connectivity index (χ1v) is 6.87. The first-order valence-electron chi connectivity index (χ1n) is 4.39. The summed E-state index contributed by atoms with van der Waals surface area (Å²) in [5.74, 6) is 0.0510. The van der Waals surface area contributed by atoms with Gasteiger partial charge in [0.15, 0.2) is 0 Å². The SMILES string of the molecule is COCC1(CS(=O)(=O)Cl)CCCC1. The Kier molecular flexibility index (Phi) is 3.60. The fourth-order valence-corrected chi connectivity index (χ4v) is 3.93. The maximum absolute atomic E-state index is 11.0. The molecule has 0 aliphatic heterocycles. The summed E-state index contributed by atoms with van der Waals surface area (Å²) in [6.07, 6.45) is 3.98. The van der Waals surface area contributed by atoms with Crippen LogP contribution >= 0.6 is 10.7 Å². The molecule has 0 N–H and O–H groups in total. The zero-order valence-electron chi connectivity index (χ0n) is 7.75. The van der Waals surface area contributed by atoms with Crippen LogP contribution in [0, 0.1) is 5.41 Å². The summed E-state index contributed by atoms with van der Waals surface area (Å²) >= 11 is 0. The fourth-order valence-electron chi connectivity index (χ4n) is 2.13. The molecule has 0 saturated heterocycles. The minimum Gasteiger partial charge on any atom is -0.384 e. The van der Waals surface area contributed by atoms with E-state index in [-0.39, 0.29) is 11.2 Å². The summed E-state index contributed by atoms with van der Waals surface area (Å²) in [6.45, 7) is 0.499. The lowest BCUT2D eigenvalue weighted by Crippen LogP contribution is -2.30. The summed E-state index contributed by atoms with van der Waals surface area (Å²) in [4.78, 5) is 0. The summed E-state index contributed by atoms with van der Waals surface area (Å²) in [5.41, 5.74) is -0.213. The zero-order chi connectivity index (χ0) is 9.95. The molecule has 5 heteroatoms. The molecule has 1 saturated carbocycles. The van der Waals surface area contributed by atoms with Crippen LogP contribution in [0.1, 0.15) is 25.7 Å². The molecule has 1 aliphatic rings. The molecule has 0 atom stereocenters. The third-order valence-electron chi connectivity index (χ3n) is 2.59. The van der Waals surface area contributed by atoms with Crippen molar-refractivity contribution in [2.75, 3.05) is 19.5 Å². The Morgan fingerprint density at radius 3 is 2.31 bits per heavy atom. The van der Waals surface area contributed by atoms with Crippen LogP contribution < -0.4 is 0 Å². The molecule has 78 valence electrons. The molecular weight excluding hydrogens is 212 g/mol. The third-order valence-corrected chi connectivity index (χ3v) is 3.88. The summed E-state index contributed by atoms with van der Waals surface area (Å²) in [5, 5.41) is 0. The van der Waals surface area contributed by atoms with Gasteiger partial charge in [0, 0.05) is 23.2 Å². The normalized spacial score (nSPS) is 22.0. The van der Waals surface area contributed by atoms with Crippen LogP contribution in [0.2, 0.25) is 0 Å². The Morgan fingerprint density at radius 2 is 1.92 bits per heavy atom. The Labute approximate surface area is 83.8 Å². The highest BCUT2D eigenvalue weighted by Crippen LogP contribution is 2.39. The largest absolute Gasteiger partial charge is 0.384 e. The molecule has 0 amide bonds. The van der Waals surface area contributed by atoms with Crippen LogP contribution in [-0.4, -0.2) is 27.9 Å². The predicted molar refractivity (Wildman–Crippen MR) is 52.4 cm³/mol.